The maximum absolute atomic E-state index is 13.8. The second kappa shape index (κ2) is 5.70. The highest BCUT2D eigenvalue weighted by Gasteiger charge is 2.16. The highest BCUT2D eigenvalue weighted by atomic mass is 19.1. The van der Waals surface area contributed by atoms with Crippen molar-refractivity contribution in [2.24, 2.45) is 5.73 Å². The van der Waals surface area contributed by atoms with E-state index in [-0.39, 0.29) is 19.0 Å². The summed E-state index contributed by atoms with van der Waals surface area (Å²) in [6.07, 6.45) is 0.537. The number of aliphatic hydroxyl groups excluding tert-OH is 1. The minimum absolute atomic E-state index is 0.0501. The predicted molar refractivity (Wildman–Crippen MR) is 65.0 cm³/mol. The molecule has 3 N–H and O–H groups in total. The first-order chi connectivity index (χ1) is 8.77. The van der Waals surface area contributed by atoms with Crippen LogP contribution in [0.4, 0.5) is 4.39 Å². The van der Waals surface area contributed by atoms with Gasteiger partial charge in [-0.3, -0.25) is 0 Å². The highest BCUT2D eigenvalue weighted by molar-refractivity contribution is 5.62. The maximum atomic E-state index is 13.8. The van der Waals surface area contributed by atoms with E-state index in [1.165, 1.54) is 6.07 Å². The summed E-state index contributed by atoms with van der Waals surface area (Å²) in [4.78, 5) is 0. The van der Waals surface area contributed by atoms with E-state index in [0.29, 0.717) is 29.9 Å². The Bertz CT molecular complexity index is 527. The second-order valence-corrected chi connectivity index (χ2v) is 3.87. The van der Waals surface area contributed by atoms with E-state index in [1.807, 2.05) is 0 Å². The summed E-state index contributed by atoms with van der Waals surface area (Å²) in [5, 5.41) is 16.7. The monoisotopic (exact) mass is 250 g/mol. The Morgan fingerprint density at radius 3 is 2.78 bits per heavy atom. The van der Waals surface area contributed by atoms with E-state index in [2.05, 4.69) is 10.3 Å². The Hall–Kier alpha value is -1.79. The van der Waals surface area contributed by atoms with Gasteiger partial charge in [-0.1, -0.05) is 17.3 Å². The summed E-state index contributed by atoms with van der Waals surface area (Å²) >= 11 is 0. The smallest absolute Gasteiger partial charge is 0.132 e. The van der Waals surface area contributed by atoms with Crippen LogP contribution in [0.3, 0.4) is 0 Å². The lowest BCUT2D eigenvalue weighted by Crippen LogP contribution is -2.06. The van der Waals surface area contributed by atoms with Gasteiger partial charge in [0.05, 0.1) is 5.69 Å². The lowest BCUT2D eigenvalue weighted by molar-refractivity contribution is 0.276. The summed E-state index contributed by atoms with van der Waals surface area (Å²) in [7, 11) is 0. The summed E-state index contributed by atoms with van der Waals surface area (Å²) in [5.74, 6) is -0.334. The van der Waals surface area contributed by atoms with Gasteiger partial charge < -0.3 is 10.8 Å². The Morgan fingerprint density at radius 2 is 2.11 bits per heavy atom. The molecule has 5 nitrogen and oxygen atoms in total. The third kappa shape index (κ3) is 2.39. The topological polar surface area (TPSA) is 77.0 Å². The van der Waals surface area contributed by atoms with Crippen LogP contribution in [0.5, 0.6) is 0 Å². The minimum Gasteiger partial charge on any atom is -0.396 e. The largest absolute Gasteiger partial charge is 0.396 e. The van der Waals surface area contributed by atoms with Crippen LogP contribution in [-0.4, -0.2) is 26.7 Å². The molecule has 96 valence electrons. The highest BCUT2D eigenvalue weighted by Crippen LogP contribution is 2.24. The molecule has 0 radical (unpaired) electrons. The zero-order chi connectivity index (χ0) is 13.0. The van der Waals surface area contributed by atoms with Crippen LogP contribution in [0.2, 0.25) is 0 Å². The molecule has 1 aromatic heterocycles. The van der Waals surface area contributed by atoms with E-state index < -0.39 is 0 Å². The van der Waals surface area contributed by atoms with Gasteiger partial charge >= 0.3 is 0 Å². The Morgan fingerprint density at radius 1 is 1.33 bits per heavy atom. The predicted octanol–water partition coefficient (Wildman–Crippen LogP) is 0.925. The van der Waals surface area contributed by atoms with Gasteiger partial charge in [-0.15, -0.1) is 5.10 Å². The second-order valence-electron chi connectivity index (χ2n) is 3.87. The van der Waals surface area contributed by atoms with Gasteiger partial charge in [-0.2, -0.15) is 0 Å². The molecule has 0 saturated heterocycles. The van der Waals surface area contributed by atoms with Crippen molar-refractivity contribution < 1.29 is 9.50 Å². The molecule has 0 aliphatic rings. The molecule has 2 rings (SSSR count). The van der Waals surface area contributed by atoms with Crippen LogP contribution in [-0.2, 0) is 13.1 Å². The van der Waals surface area contributed by atoms with Crippen LogP contribution in [0, 0.1) is 5.82 Å². The molecule has 18 heavy (non-hydrogen) atoms. The number of halogens is 1. The fraction of sp³-hybridized carbons (Fsp3) is 0.333. The summed E-state index contributed by atoms with van der Waals surface area (Å²) in [6, 6.07) is 6.44. The van der Waals surface area contributed by atoms with E-state index in [4.69, 9.17) is 10.8 Å². The number of rotatable bonds is 5. The Labute approximate surface area is 104 Å². The van der Waals surface area contributed by atoms with E-state index >= 15 is 0 Å². The zero-order valence-electron chi connectivity index (χ0n) is 9.88. The molecule has 2 aromatic rings. The van der Waals surface area contributed by atoms with Crippen molar-refractivity contribution in [3.05, 3.63) is 35.8 Å². The lowest BCUT2D eigenvalue weighted by atomic mass is 10.1. The quantitative estimate of drug-likeness (QED) is 0.827. The molecule has 0 aliphatic heterocycles. The number of nitrogens with two attached hydrogens (primary N) is 1. The van der Waals surface area contributed by atoms with Gasteiger partial charge in [-0.05, 0) is 18.6 Å². The van der Waals surface area contributed by atoms with E-state index in [9.17, 15) is 4.39 Å². The number of benzene rings is 1. The molecule has 0 saturated carbocycles. The molecule has 0 fully saturated rings. The first kappa shape index (κ1) is 12.7. The number of nitrogens with zero attached hydrogens (tertiary/aromatic N) is 3. The van der Waals surface area contributed by atoms with Crippen molar-refractivity contribution in [2.75, 3.05) is 6.61 Å². The summed E-state index contributed by atoms with van der Waals surface area (Å²) in [6.45, 7) is 0.727. The van der Waals surface area contributed by atoms with Crippen molar-refractivity contribution >= 4 is 0 Å². The summed E-state index contributed by atoms with van der Waals surface area (Å²) in [5.41, 5.74) is 7.16. The fourth-order valence-corrected chi connectivity index (χ4v) is 1.81. The fourth-order valence-electron chi connectivity index (χ4n) is 1.81. The molecule has 6 heteroatoms. The normalized spacial score (nSPS) is 10.8. The molecule has 0 amide bonds. The molecule has 0 spiro atoms. The maximum Gasteiger partial charge on any atom is 0.132 e. The molecular weight excluding hydrogens is 235 g/mol. The molecule has 0 unspecified atom stereocenters. The van der Waals surface area contributed by atoms with Crippen molar-refractivity contribution in [2.45, 2.75) is 19.5 Å². The van der Waals surface area contributed by atoms with Gasteiger partial charge in [-0.25, -0.2) is 9.07 Å². The first-order valence-electron chi connectivity index (χ1n) is 5.76. The van der Waals surface area contributed by atoms with Crippen LogP contribution in [0.15, 0.2) is 24.3 Å². The molecule has 1 heterocycles. The van der Waals surface area contributed by atoms with Gasteiger partial charge in [0.2, 0.25) is 0 Å². The zero-order valence-corrected chi connectivity index (χ0v) is 9.88. The van der Waals surface area contributed by atoms with Crippen molar-refractivity contribution in [1.29, 1.82) is 0 Å². The number of hydrogen-bond acceptors (Lipinski definition) is 4. The van der Waals surface area contributed by atoms with Crippen LogP contribution < -0.4 is 5.73 Å². The van der Waals surface area contributed by atoms with Crippen molar-refractivity contribution in [3.63, 3.8) is 0 Å². The summed E-state index contributed by atoms with van der Waals surface area (Å²) < 4.78 is 15.4. The number of aryl methyl sites for hydroxylation is 1. The number of aliphatic hydroxyl groups is 1. The van der Waals surface area contributed by atoms with Gasteiger partial charge in [0.15, 0.2) is 0 Å². The van der Waals surface area contributed by atoms with Crippen LogP contribution in [0.1, 0.15) is 12.1 Å². The van der Waals surface area contributed by atoms with E-state index in [1.54, 1.807) is 22.9 Å². The van der Waals surface area contributed by atoms with E-state index in [0.717, 1.165) is 0 Å². The number of aromatic nitrogens is 3. The third-order valence-electron chi connectivity index (χ3n) is 2.66. The lowest BCUT2D eigenvalue weighted by Gasteiger charge is -2.08. The molecule has 0 aliphatic carbocycles. The van der Waals surface area contributed by atoms with Crippen LogP contribution in [0.25, 0.3) is 11.3 Å². The van der Waals surface area contributed by atoms with Crippen molar-refractivity contribution in [1.82, 2.24) is 15.0 Å². The Balaban J connectivity index is 2.47. The van der Waals surface area contributed by atoms with Gasteiger partial charge in [0, 0.05) is 25.3 Å². The van der Waals surface area contributed by atoms with Crippen LogP contribution >= 0.6 is 0 Å². The SMILES string of the molecule is NCc1nnn(CCCO)c1-c1ccccc1F. The average Bonchev–Trinajstić information content (AvgIpc) is 2.79. The average molecular weight is 250 g/mol. The molecule has 1 aromatic carbocycles. The van der Waals surface area contributed by atoms with Crippen molar-refractivity contribution in [3.8, 4) is 11.3 Å². The van der Waals surface area contributed by atoms with Gasteiger partial charge in [0.1, 0.15) is 11.5 Å². The Kier molecular flexibility index (Phi) is 4.01. The first-order valence-corrected chi connectivity index (χ1v) is 5.76. The minimum atomic E-state index is -0.334. The molecular formula is C12H15FN4O. The third-order valence-corrected chi connectivity index (χ3v) is 2.66. The van der Waals surface area contributed by atoms with Gasteiger partial charge in [0.25, 0.3) is 0 Å². The number of hydrogen-bond donors (Lipinski definition) is 2. The standard InChI is InChI=1S/C12H15FN4O/c13-10-5-2-1-4-9(10)12-11(8-14)15-16-17(12)6-3-7-18/h1-2,4-5,18H,3,6-8,14H2. The molecule has 0 atom stereocenters. The molecule has 0 bridgehead atoms.